The van der Waals surface area contributed by atoms with Gasteiger partial charge in [-0.1, -0.05) is 25.4 Å². The Labute approximate surface area is 202 Å². The summed E-state index contributed by atoms with van der Waals surface area (Å²) in [5.74, 6) is -1.11. The molecule has 34 heavy (non-hydrogen) atoms. The molecule has 1 saturated heterocycles. The van der Waals surface area contributed by atoms with Crippen LogP contribution in [0.1, 0.15) is 13.8 Å². The van der Waals surface area contributed by atoms with Gasteiger partial charge in [-0.2, -0.15) is 4.72 Å². The van der Waals surface area contributed by atoms with Gasteiger partial charge < -0.3 is 14.2 Å². The van der Waals surface area contributed by atoms with Crippen LogP contribution in [0.15, 0.2) is 56.6 Å². The molecule has 3 aromatic rings. The number of hydrogen-bond acceptors (Lipinski definition) is 6. The first kappa shape index (κ1) is 24.3. The van der Waals surface area contributed by atoms with Crippen molar-refractivity contribution < 1.29 is 17.6 Å². The predicted octanol–water partition coefficient (Wildman–Crippen LogP) is 2.44. The quantitative estimate of drug-likeness (QED) is 0.550. The van der Waals surface area contributed by atoms with E-state index in [1.807, 2.05) is 24.3 Å². The number of aryl methyl sites for hydroxylation is 1. The SMILES string of the molecule is CC(C)C(NS(=O)(=O)c1ccc2c(c1)oc(=O)n2C)C(=O)N1CCN(c2ccc(Cl)cc2)CC1. The Morgan fingerprint density at radius 1 is 1.06 bits per heavy atom. The summed E-state index contributed by atoms with van der Waals surface area (Å²) in [6, 6.07) is 10.8. The molecule has 1 N–H and O–H groups in total. The number of nitrogens with zero attached hydrogens (tertiary/aromatic N) is 3. The monoisotopic (exact) mass is 506 g/mol. The van der Waals surface area contributed by atoms with Crippen molar-refractivity contribution in [1.29, 1.82) is 0 Å². The smallest absolute Gasteiger partial charge is 0.408 e. The molecular weight excluding hydrogens is 480 g/mol. The number of anilines is 1. The number of piperazine rings is 1. The van der Waals surface area contributed by atoms with Crippen molar-refractivity contribution >= 4 is 44.3 Å². The molecule has 9 nitrogen and oxygen atoms in total. The lowest BCUT2D eigenvalue weighted by Gasteiger charge is -2.38. The molecule has 182 valence electrons. The number of hydrogen-bond donors (Lipinski definition) is 1. The van der Waals surface area contributed by atoms with Crippen molar-refractivity contribution in [3.63, 3.8) is 0 Å². The topological polar surface area (TPSA) is 105 Å². The summed E-state index contributed by atoms with van der Waals surface area (Å²) in [5.41, 5.74) is 1.68. The number of sulfonamides is 1. The summed E-state index contributed by atoms with van der Waals surface area (Å²) < 4.78 is 35.2. The number of fused-ring (bicyclic) bond motifs is 1. The third-order valence-corrected chi connectivity index (χ3v) is 7.76. The molecule has 1 aliphatic heterocycles. The number of oxazole rings is 1. The minimum absolute atomic E-state index is 0.0691. The highest BCUT2D eigenvalue weighted by molar-refractivity contribution is 7.89. The summed E-state index contributed by atoms with van der Waals surface area (Å²) in [4.78, 5) is 28.8. The maximum Gasteiger partial charge on any atom is 0.419 e. The van der Waals surface area contributed by atoms with E-state index in [2.05, 4.69) is 9.62 Å². The molecule has 0 aliphatic carbocycles. The van der Waals surface area contributed by atoms with Gasteiger partial charge in [0.1, 0.15) is 6.04 Å². The number of halogens is 1. The van der Waals surface area contributed by atoms with E-state index in [0.717, 1.165) is 5.69 Å². The van der Waals surface area contributed by atoms with Crippen molar-refractivity contribution in [2.45, 2.75) is 24.8 Å². The van der Waals surface area contributed by atoms with Gasteiger partial charge in [-0.05, 0) is 42.3 Å². The lowest BCUT2D eigenvalue weighted by molar-refractivity contribution is -0.134. The third kappa shape index (κ3) is 4.84. The Morgan fingerprint density at radius 2 is 1.71 bits per heavy atom. The normalized spacial score (nSPS) is 15.8. The lowest BCUT2D eigenvalue weighted by Crippen LogP contribution is -2.56. The zero-order valence-corrected chi connectivity index (χ0v) is 20.8. The number of aromatic nitrogens is 1. The van der Waals surface area contributed by atoms with Gasteiger partial charge in [0, 0.05) is 50.0 Å². The Bertz CT molecular complexity index is 1360. The van der Waals surface area contributed by atoms with Gasteiger partial charge >= 0.3 is 5.76 Å². The Kier molecular flexibility index (Phi) is 6.75. The van der Waals surface area contributed by atoms with Gasteiger partial charge in [0.15, 0.2) is 5.58 Å². The van der Waals surface area contributed by atoms with Gasteiger partial charge in [0.05, 0.1) is 10.4 Å². The van der Waals surface area contributed by atoms with Crippen LogP contribution in [0.2, 0.25) is 5.02 Å². The molecule has 1 aliphatic rings. The first-order chi connectivity index (χ1) is 16.1. The standard InChI is InChI=1S/C23H27ClN4O5S/c1-15(2)21(22(29)28-12-10-27(11-13-28)17-6-4-16(24)5-7-17)25-34(31,32)18-8-9-19-20(14-18)33-23(30)26(19)3/h4-9,14-15,21,25H,10-13H2,1-3H3. The summed E-state index contributed by atoms with van der Waals surface area (Å²) in [6.45, 7) is 5.83. The average Bonchev–Trinajstić information content (AvgIpc) is 3.10. The molecule has 2 heterocycles. The van der Waals surface area contributed by atoms with Crippen LogP contribution >= 0.6 is 11.6 Å². The average molecular weight is 507 g/mol. The molecule has 0 bridgehead atoms. The fourth-order valence-electron chi connectivity index (χ4n) is 4.02. The summed E-state index contributed by atoms with van der Waals surface area (Å²) in [6.07, 6.45) is 0. The zero-order valence-electron chi connectivity index (χ0n) is 19.2. The summed E-state index contributed by atoms with van der Waals surface area (Å²) in [5, 5.41) is 0.665. The first-order valence-corrected chi connectivity index (χ1v) is 12.8. The van der Waals surface area contributed by atoms with Crippen LogP contribution < -0.4 is 15.4 Å². The van der Waals surface area contributed by atoms with Gasteiger partial charge in [0.25, 0.3) is 0 Å². The molecule has 0 radical (unpaired) electrons. The first-order valence-electron chi connectivity index (χ1n) is 11.0. The Balaban J connectivity index is 1.48. The second-order valence-corrected chi connectivity index (χ2v) is 10.8. The molecular formula is C23H27ClN4O5S. The van der Waals surface area contributed by atoms with Crippen LogP contribution in [0.25, 0.3) is 11.1 Å². The van der Waals surface area contributed by atoms with Gasteiger partial charge in [-0.3, -0.25) is 9.36 Å². The number of rotatable bonds is 6. The third-order valence-electron chi connectivity index (χ3n) is 6.07. The molecule has 1 aromatic heterocycles. The number of amides is 1. The van der Waals surface area contributed by atoms with E-state index < -0.39 is 21.8 Å². The van der Waals surface area contributed by atoms with Crippen LogP contribution in [0.3, 0.4) is 0 Å². The van der Waals surface area contributed by atoms with Crippen LogP contribution in [0, 0.1) is 5.92 Å². The molecule has 1 fully saturated rings. The number of benzene rings is 2. The van der Waals surface area contributed by atoms with E-state index in [0.29, 0.717) is 36.7 Å². The van der Waals surface area contributed by atoms with Crippen molar-refractivity contribution in [2.75, 3.05) is 31.1 Å². The number of carbonyl (C=O) groups is 1. The number of nitrogens with one attached hydrogen (secondary N) is 1. The van der Waals surface area contributed by atoms with E-state index in [9.17, 15) is 18.0 Å². The Hall–Kier alpha value is -2.82. The fourth-order valence-corrected chi connectivity index (χ4v) is 5.50. The number of carbonyl (C=O) groups excluding carboxylic acids is 1. The molecule has 11 heteroatoms. The largest absolute Gasteiger partial charge is 0.419 e. The van der Waals surface area contributed by atoms with E-state index in [4.69, 9.17) is 16.0 Å². The second-order valence-electron chi connectivity index (χ2n) is 8.69. The zero-order chi connectivity index (χ0) is 24.6. The van der Waals surface area contributed by atoms with Crippen molar-refractivity contribution in [2.24, 2.45) is 13.0 Å². The van der Waals surface area contributed by atoms with Crippen LogP contribution in [-0.2, 0) is 21.9 Å². The molecule has 1 amide bonds. The van der Waals surface area contributed by atoms with Crippen molar-refractivity contribution in [3.05, 3.63) is 58.0 Å². The Morgan fingerprint density at radius 3 is 2.32 bits per heavy atom. The fraction of sp³-hybridized carbons (Fsp3) is 0.391. The minimum atomic E-state index is -4.03. The molecule has 4 rings (SSSR count). The molecule has 1 atom stereocenters. The molecule has 0 saturated carbocycles. The van der Waals surface area contributed by atoms with Gasteiger partial charge in [0.2, 0.25) is 15.9 Å². The van der Waals surface area contributed by atoms with Gasteiger partial charge in [-0.25, -0.2) is 13.2 Å². The van der Waals surface area contributed by atoms with Crippen molar-refractivity contribution in [3.8, 4) is 0 Å². The van der Waals surface area contributed by atoms with Crippen LogP contribution in [0.5, 0.6) is 0 Å². The van der Waals surface area contributed by atoms with E-state index in [1.54, 1.807) is 25.8 Å². The minimum Gasteiger partial charge on any atom is -0.408 e. The van der Waals surface area contributed by atoms with E-state index in [-0.39, 0.29) is 22.3 Å². The maximum atomic E-state index is 13.3. The highest BCUT2D eigenvalue weighted by atomic mass is 35.5. The van der Waals surface area contributed by atoms with E-state index in [1.165, 1.54) is 22.8 Å². The molecule has 2 aromatic carbocycles. The van der Waals surface area contributed by atoms with Gasteiger partial charge in [-0.15, -0.1) is 0 Å². The highest BCUT2D eigenvalue weighted by Gasteiger charge is 2.33. The highest BCUT2D eigenvalue weighted by Crippen LogP contribution is 2.22. The van der Waals surface area contributed by atoms with Crippen LogP contribution in [-0.4, -0.2) is 56.0 Å². The second kappa shape index (κ2) is 9.44. The predicted molar refractivity (Wildman–Crippen MR) is 131 cm³/mol. The van der Waals surface area contributed by atoms with E-state index >= 15 is 0 Å². The molecule has 1 unspecified atom stereocenters. The summed E-state index contributed by atoms with van der Waals surface area (Å²) in [7, 11) is -2.49. The maximum absolute atomic E-state index is 13.3. The van der Waals surface area contributed by atoms with Crippen LogP contribution in [0.4, 0.5) is 5.69 Å². The van der Waals surface area contributed by atoms with Crippen molar-refractivity contribution in [1.82, 2.24) is 14.2 Å². The summed E-state index contributed by atoms with van der Waals surface area (Å²) >= 11 is 5.97. The lowest BCUT2D eigenvalue weighted by atomic mass is 10.0. The molecule has 0 spiro atoms.